The number of carbonyl (C=O) groups is 1. The number of amides is 1. The molecule has 0 atom stereocenters. The second kappa shape index (κ2) is 6.26. The first-order valence-electron chi connectivity index (χ1n) is 7.35. The lowest BCUT2D eigenvalue weighted by Gasteiger charge is -2.27. The van der Waals surface area contributed by atoms with Gasteiger partial charge < -0.3 is 9.47 Å². The normalized spacial score (nSPS) is 13.5. The monoisotopic (exact) mass is 410 g/mol. The predicted octanol–water partition coefficient (Wildman–Crippen LogP) is 5.46. The minimum absolute atomic E-state index is 0.218. The Balaban J connectivity index is 2.19. The zero-order chi connectivity index (χ0) is 17.5. The van der Waals surface area contributed by atoms with Gasteiger partial charge in [0, 0.05) is 10.7 Å². The number of hydrogen-bond acceptors (Lipinski definition) is 4. The highest BCUT2D eigenvalue weighted by molar-refractivity contribution is 9.10. The zero-order valence-electron chi connectivity index (χ0n) is 13.5. The Morgan fingerprint density at radius 3 is 2.83 bits per heavy atom. The molecule has 24 heavy (non-hydrogen) atoms. The van der Waals surface area contributed by atoms with E-state index < -0.39 is 11.7 Å². The maximum Gasteiger partial charge on any atom is 0.420 e. The maximum absolute atomic E-state index is 12.9. The Labute approximate surface area is 153 Å². The average molecular weight is 412 g/mol. The summed E-state index contributed by atoms with van der Waals surface area (Å²) in [5.41, 5.74) is 0.541. The van der Waals surface area contributed by atoms with Crippen molar-refractivity contribution in [2.24, 2.45) is 0 Å². The van der Waals surface area contributed by atoms with Crippen molar-refractivity contribution in [2.45, 2.75) is 33.0 Å². The molecule has 0 N–H and O–H groups in total. The van der Waals surface area contributed by atoms with Crippen LogP contribution in [-0.2, 0) is 11.3 Å². The lowest BCUT2D eigenvalue weighted by Crippen LogP contribution is -2.34. The quantitative estimate of drug-likeness (QED) is 0.577. The van der Waals surface area contributed by atoms with Crippen LogP contribution in [0.2, 0.25) is 5.02 Å². The molecular weight excluding hydrogens is 396 g/mol. The van der Waals surface area contributed by atoms with E-state index in [1.165, 1.54) is 4.90 Å². The van der Waals surface area contributed by atoms with E-state index in [4.69, 9.17) is 21.1 Å². The Kier molecular flexibility index (Phi) is 4.44. The zero-order valence-corrected chi connectivity index (χ0v) is 15.8. The summed E-state index contributed by atoms with van der Waals surface area (Å²) in [5, 5.41) is 0.487. The first-order chi connectivity index (χ1) is 11.3. The summed E-state index contributed by atoms with van der Waals surface area (Å²) in [6.07, 6.45) is 1.02. The van der Waals surface area contributed by atoms with Crippen LogP contribution in [0.15, 0.2) is 34.9 Å². The number of aromatic nitrogens is 1. The molecule has 126 valence electrons. The molecule has 0 unspecified atom stereocenters. The van der Waals surface area contributed by atoms with Gasteiger partial charge in [-0.2, -0.15) is 0 Å². The summed E-state index contributed by atoms with van der Waals surface area (Å²) in [6.45, 7) is 5.66. The molecule has 2 heterocycles. The van der Waals surface area contributed by atoms with E-state index in [9.17, 15) is 4.79 Å². The number of halogens is 2. The van der Waals surface area contributed by atoms with Crippen LogP contribution < -0.4 is 9.64 Å². The van der Waals surface area contributed by atoms with Crippen LogP contribution in [0.4, 0.5) is 16.3 Å². The molecule has 3 rings (SSSR count). The molecule has 0 saturated heterocycles. The van der Waals surface area contributed by atoms with Crippen molar-refractivity contribution >= 4 is 45.1 Å². The van der Waals surface area contributed by atoms with E-state index in [0.29, 0.717) is 27.8 Å². The molecular formula is C17H16BrClN2O3. The number of hydrogen-bond donors (Lipinski definition) is 0. The fourth-order valence-corrected chi connectivity index (χ4v) is 2.87. The molecule has 1 aromatic heterocycles. The average Bonchev–Trinajstić information content (AvgIpc) is 2.62. The van der Waals surface area contributed by atoms with E-state index in [1.807, 2.05) is 26.8 Å². The van der Waals surface area contributed by atoms with Gasteiger partial charge in [0.15, 0.2) is 5.82 Å². The molecule has 0 aliphatic carbocycles. The van der Waals surface area contributed by atoms with Crippen molar-refractivity contribution < 1.29 is 14.3 Å². The van der Waals surface area contributed by atoms with Gasteiger partial charge in [-0.25, -0.2) is 14.7 Å². The van der Waals surface area contributed by atoms with Crippen molar-refractivity contribution in [1.82, 2.24) is 4.98 Å². The van der Waals surface area contributed by atoms with E-state index >= 15 is 0 Å². The number of pyridine rings is 1. The SMILES string of the molecule is CC(C)(C)OC(=O)N1c2cc(Br)ccc2OCc2c(Cl)ccnc21. The number of carbonyl (C=O) groups excluding carboxylic acids is 1. The van der Waals surface area contributed by atoms with Crippen molar-refractivity contribution in [3.63, 3.8) is 0 Å². The van der Waals surface area contributed by atoms with Crippen LogP contribution in [0.5, 0.6) is 5.75 Å². The fourth-order valence-electron chi connectivity index (χ4n) is 2.33. The molecule has 2 aromatic rings. The van der Waals surface area contributed by atoms with Gasteiger partial charge in [-0.3, -0.25) is 0 Å². The Hall–Kier alpha value is -1.79. The van der Waals surface area contributed by atoms with Gasteiger partial charge in [-0.05, 0) is 45.0 Å². The van der Waals surface area contributed by atoms with Crippen molar-refractivity contribution in [3.8, 4) is 5.75 Å². The summed E-state index contributed by atoms with van der Waals surface area (Å²) in [4.78, 5) is 18.6. The molecule has 1 aliphatic rings. The fraction of sp³-hybridized carbons (Fsp3) is 0.294. The minimum Gasteiger partial charge on any atom is -0.487 e. The number of rotatable bonds is 0. The summed E-state index contributed by atoms with van der Waals surface area (Å²) < 4.78 is 12.2. The number of benzene rings is 1. The van der Waals surface area contributed by atoms with Crippen LogP contribution in [0.1, 0.15) is 26.3 Å². The van der Waals surface area contributed by atoms with Gasteiger partial charge in [0.05, 0.1) is 16.3 Å². The first-order valence-corrected chi connectivity index (χ1v) is 8.52. The largest absolute Gasteiger partial charge is 0.487 e. The summed E-state index contributed by atoms with van der Waals surface area (Å²) in [5.74, 6) is 0.965. The highest BCUT2D eigenvalue weighted by Gasteiger charge is 2.32. The second-order valence-corrected chi connectivity index (χ2v) is 7.63. The van der Waals surface area contributed by atoms with E-state index in [2.05, 4.69) is 20.9 Å². The summed E-state index contributed by atoms with van der Waals surface area (Å²) >= 11 is 9.71. The van der Waals surface area contributed by atoms with Crippen LogP contribution in [0.3, 0.4) is 0 Å². The number of ether oxygens (including phenoxy) is 2. The van der Waals surface area contributed by atoms with Crippen LogP contribution in [0.25, 0.3) is 0 Å². The lowest BCUT2D eigenvalue weighted by molar-refractivity contribution is 0.0598. The Morgan fingerprint density at radius 1 is 1.38 bits per heavy atom. The molecule has 1 aromatic carbocycles. The summed E-state index contributed by atoms with van der Waals surface area (Å²) in [7, 11) is 0. The van der Waals surface area contributed by atoms with Crippen LogP contribution in [-0.4, -0.2) is 16.7 Å². The van der Waals surface area contributed by atoms with Crippen molar-refractivity contribution in [2.75, 3.05) is 4.90 Å². The Morgan fingerprint density at radius 2 is 2.12 bits per heavy atom. The molecule has 0 radical (unpaired) electrons. The molecule has 1 aliphatic heterocycles. The number of anilines is 2. The highest BCUT2D eigenvalue weighted by atomic mass is 79.9. The maximum atomic E-state index is 12.9. The minimum atomic E-state index is -0.644. The molecule has 1 amide bonds. The topological polar surface area (TPSA) is 51.7 Å². The van der Waals surface area contributed by atoms with Crippen LogP contribution >= 0.6 is 27.5 Å². The Bertz CT molecular complexity index is 803. The van der Waals surface area contributed by atoms with E-state index in [0.717, 1.165) is 4.47 Å². The van der Waals surface area contributed by atoms with E-state index in [-0.39, 0.29) is 6.61 Å². The molecule has 0 bridgehead atoms. The number of nitrogens with zero attached hydrogens (tertiary/aromatic N) is 2. The third-order valence-electron chi connectivity index (χ3n) is 3.30. The van der Waals surface area contributed by atoms with Crippen LogP contribution in [0, 0.1) is 0 Å². The third kappa shape index (κ3) is 3.35. The molecule has 0 spiro atoms. The van der Waals surface area contributed by atoms with E-state index in [1.54, 1.807) is 24.4 Å². The van der Waals surface area contributed by atoms with Gasteiger partial charge in [-0.15, -0.1) is 0 Å². The highest BCUT2D eigenvalue weighted by Crippen LogP contribution is 2.42. The lowest BCUT2D eigenvalue weighted by atomic mass is 10.2. The van der Waals surface area contributed by atoms with Gasteiger partial charge in [0.2, 0.25) is 0 Å². The third-order valence-corrected chi connectivity index (χ3v) is 4.15. The molecule has 0 saturated carbocycles. The first kappa shape index (κ1) is 17.0. The smallest absolute Gasteiger partial charge is 0.420 e. The summed E-state index contributed by atoms with van der Waals surface area (Å²) in [6, 6.07) is 7.09. The molecule has 5 nitrogen and oxygen atoms in total. The van der Waals surface area contributed by atoms with Gasteiger partial charge in [0.25, 0.3) is 0 Å². The second-order valence-electron chi connectivity index (χ2n) is 6.31. The van der Waals surface area contributed by atoms with Gasteiger partial charge >= 0.3 is 6.09 Å². The van der Waals surface area contributed by atoms with Crippen molar-refractivity contribution in [1.29, 1.82) is 0 Å². The predicted molar refractivity (Wildman–Crippen MR) is 96.1 cm³/mol. The molecule has 0 fully saturated rings. The number of fused-ring (bicyclic) bond motifs is 2. The standard InChI is InChI=1S/C17H16BrClN2O3/c1-17(2,3)24-16(22)21-13-8-10(18)4-5-14(13)23-9-11-12(19)6-7-20-15(11)21/h4-8H,9H2,1-3H3. The van der Waals surface area contributed by atoms with Crippen molar-refractivity contribution in [3.05, 3.63) is 45.5 Å². The van der Waals surface area contributed by atoms with Gasteiger partial charge in [0.1, 0.15) is 18.0 Å². The molecule has 7 heteroatoms. The van der Waals surface area contributed by atoms with Gasteiger partial charge in [-0.1, -0.05) is 27.5 Å².